The fourth-order valence-electron chi connectivity index (χ4n) is 2.43. The zero-order valence-electron chi connectivity index (χ0n) is 13.2. The zero-order valence-corrected chi connectivity index (χ0v) is 14.8. The fraction of sp³-hybridized carbons (Fsp3) is 0.0588. The quantitative estimate of drug-likeness (QED) is 0.431. The minimum Gasteiger partial charge on any atom is -0.266 e. The molecule has 0 aliphatic heterocycles. The van der Waals surface area contributed by atoms with Crippen molar-refractivity contribution in [1.29, 1.82) is 0 Å². The molecule has 6 nitrogen and oxygen atoms in total. The molecule has 8 heteroatoms. The molecule has 0 unspecified atom stereocenters. The fourth-order valence-corrected chi connectivity index (χ4v) is 2.97. The summed E-state index contributed by atoms with van der Waals surface area (Å²) in [6, 6.07) is 12.0. The lowest BCUT2D eigenvalue weighted by atomic mass is 9.99. The van der Waals surface area contributed by atoms with Gasteiger partial charge in [-0.3, -0.25) is 9.78 Å². The Hall–Kier alpha value is -2.48. The Labute approximate surface area is 149 Å². The molecular weight excluding hydrogens is 362 g/mol. The van der Waals surface area contributed by atoms with Crippen molar-refractivity contribution in [2.75, 3.05) is 6.26 Å². The van der Waals surface area contributed by atoms with Crippen LogP contribution in [0.2, 0.25) is 5.02 Å². The molecular formula is C17H14ClN3O3S. The molecule has 3 rings (SSSR count). The first-order valence-electron chi connectivity index (χ1n) is 7.20. The summed E-state index contributed by atoms with van der Waals surface area (Å²) < 4.78 is 23.2. The van der Waals surface area contributed by atoms with Gasteiger partial charge in [0.05, 0.1) is 6.26 Å². The van der Waals surface area contributed by atoms with Gasteiger partial charge in [-0.1, -0.05) is 29.8 Å². The average Bonchev–Trinajstić information content (AvgIpc) is 2.59. The normalized spacial score (nSPS) is 11.5. The van der Waals surface area contributed by atoms with Crippen LogP contribution in [0.5, 0.6) is 0 Å². The highest BCUT2D eigenvalue weighted by Gasteiger charge is 2.21. The van der Waals surface area contributed by atoms with E-state index in [1.807, 2.05) is 12.1 Å². The molecule has 0 aliphatic rings. The minimum atomic E-state index is -3.84. The summed E-state index contributed by atoms with van der Waals surface area (Å²) in [4.78, 5) is 16.5. The summed E-state index contributed by atoms with van der Waals surface area (Å²) in [7, 11) is -3.84. The molecule has 0 atom stereocenters. The molecule has 25 heavy (non-hydrogen) atoms. The van der Waals surface area contributed by atoms with Crippen molar-refractivity contribution in [3.05, 3.63) is 65.4 Å². The number of carbonyl (C=O) groups excluding carboxylic acids is 1. The Morgan fingerprint density at radius 3 is 2.44 bits per heavy atom. The maximum Gasteiger partial charge on any atom is 0.281 e. The first-order chi connectivity index (χ1) is 11.8. The van der Waals surface area contributed by atoms with Crippen LogP contribution in [0.15, 0.2) is 54.9 Å². The standard InChI is InChI=1S/C17H14ClN3O3S/c1-25(23,24)21(19)17(22)12-2-3-13-9-20-10-16(15(13)8-12)11-4-6-14(18)7-5-11/h2-10H,19H2,1H3. The first kappa shape index (κ1) is 17.3. The van der Waals surface area contributed by atoms with Crippen molar-refractivity contribution in [2.24, 2.45) is 5.84 Å². The molecule has 3 aromatic rings. The van der Waals surface area contributed by atoms with Gasteiger partial charge in [0, 0.05) is 33.9 Å². The summed E-state index contributed by atoms with van der Waals surface area (Å²) in [5.74, 6) is 4.60. The number of pyridine rings is 1. The molecule has 1 amide bonds. The number of sulfonamides is 1. The molecule has 0 radical (unpaired) electrons. The van der Waals surface area contributed by atoms with Gasteiger partial charge in [0.2, 0.25) is 10.0 Å². The maximum atomic E-state index is 12.3. The van der Waals surface area contributed by atoms with Crippen molar-refractivity contribution in [3.63, 3.8) is 0 Å². The molecule has 0 spiro atoms. The lowest BCUT2D eigenvalue weighted by molar-refractivity contribution is 0.0862. The lowest BCUT2D eigenvalue weighted by Crippen LogP contribution is -2.41. The van der Waals surface area contributed by atoms with Crippen LogP contribution in [0.4, 0.5) is 0 Å². The van der Waals surface area contributed by atoms with E-state index in [2.05, 4.69) is 4.98 Å². The number of carbonyl (C=O) groups is 1. The van der Waals surface area contributed by atoms with Crippen LogP contribution in [0.3, 0.4) is 0 Å². The van der Waals surface area contributed by atoms with Gasteiger partial charge in [0.1, 0.15) is 0 Å². The molecule has 0 bridgehead atoms. The second-order valence-electron chi connectivity index (χ2n) is 5.49. The van der Waals surface area contributed by atoms with Crippen LogP contribution < -0.4 is 5.84 Å². The third-order valence-corrected chi connectivity index (χ3v) is 4.85. The number of hydrogen-bond donors (Lipinski definition) is 1. The largest absolute Gasteiger partial charge is 0.281 e. The smallest absolute Gasteiger partial charge is 0.266 e. The topological polar surface area (TPSA) is 93.4 Å². The Kier molecular flexibility index (Phi) is 4.47. The van der Waals surface area contributed by atoms with Crippen LogP contribution in [0.25, 0.3) is 21.9 Å². The van der Waals surface area contributed by atoms with E-state index >= 15 is 0 Å². The molecule has 2 aromatic carbocycles. The summed E-state index contributed by atoms with van der Waals surface area (Å²) in [6.07, 6.45) is 4.21. The average molecular weight is 376 g/mol. The van der Waals surface area contributed by atoms with Gasteiger partial charge in [-0.15, -0.1) is 0 Å². The Morgan fingerprint density at radius 2 is 1.80 bits per heavy atom. The molecule has 0 fully saturated rings. The van der Waals surface area contributed by atoms with Crippen molar-refractivity contribution in [1.82, 2.24) is 9.40 Å². The molecule has 0 aliphatic carbocycles. The van der Waals surface area contributed by atoms with E-state index in [0.717, 1.165) is 28.2 Å². The number of hydrogen-bond acceptors (Lipinski definition) is 5. The Morgan fingerprint density at radius 1 is 1.12 bits per heavy atom. The predicted molar refractivity (Wildman–Crippen MR) is 97.4 cm³/mol. The van der Waals surface area contributed by atoms with Crippen molar-refractivity contribution < 1.29 is 13.2 Å². The summed E-state index contributed by atoms with van der Waals surface area (Å²) >= 11 is 5.93. The van der Waals surface area contributed by atoms with Gasteiger partial charge in [-0.2, -0.15) is 4.41 Å². The second-order valence-corrected chi connectivity index (χ2v) is 7.79. The summed E-state index contributed by atoms with van der Waals surface area (Å²) in [6.45, 7) is 0. The van der Waals surface area contributed by atoms with Gasteiger partial charge in [-0.05, 0) is 35.2 Å². The van der Waals surface area contributed by atoms with E-state index in [9.17, 15) is 13.2 Å². The maximum absolute atomic E-state index is 12.3. The van der Waals surface area contributed by atoms with Crippen LogP contribution in [0.1, 0.15) is 10.4 Å². The van der Waals surface area contributed by atoms with Gasteiger partial charge >= 0.3 is 0 Å². The Bertz CT molecular complexity index is 1070. The van der Waals surface area contributed by atoms with E-state index in [1.165, 1.54) is 6.07 Å². The van der Waals surface area contributed by atoms with Gasteiger partial charge in [0.25, 0.3) is 5.91 Å². The van der Waals surface area contributed by atoms with E-state index in [-0.39, 0.29) is 9.98 Å². The van der Waals surface area contributed by atoms with E-state index < -0.39 is 15.9 Å². The number of aromatic nitrogens is 1. The highest BCUT2D eigenvalue weighted by Crippen LogP contribution is 2.29. The number of halogens is 1. The van der Waals surface area contributed by atoms with Crippen molar-refractivity contribution in [3.8, 4) is 11.1 Å². The zero-order chi connectivity index (χ0) is 18.2. The number of nitrogens with two attached hydrogens (primary N) is 1. The van der Waals surface area contributed by atoms with E-state index in [4.69, 9.17) is 17.4 Å². The SMILES string of the molecule is CS(=O)(=O)N(N)C(=O)c1ccc2cncc(-c3ccc(Cl)cc3)c2c1. The second kappa shape index (κ2) is 6.44. The van der Waals surface area contributed by atoms with Crippen molar-refractivity contribution >= 4 is 38.3 Å². The third kappa shape index (κ3) is 3.48. The van der Waals surface area contributed by atoms with E-state index in [1.54, 1.807) is 36.7 Å². The molecule has 0 saturated heterocycles. The Balaban J connectivity index is 2.15. The molecule has 0 saturated carbocycles. The van der Waals surface area contributed by atoms with Gasteiger partial charge in [-0.25, -0.2) is 14.3 Å². The number of rotatable bonds is 3. The van der Waals surface area contributed by atoms with Crippen LogP contribution in [-0.2, 0) is 10.0 Å². The minimum absolute atomic E-state index is 0.168. The van der Waals surface area contributed by atoms with E-state index in [0.29, 0.717) is 5.02 Å². The van der Waals surface area contributed by atoms with Crippen LogP contribution in [-0.4, -0.2) is 30.0 Å². The third-order valence-electron chi connectivity index (χ3n) is 3.72. The number of benzene rings is 2. The highest BCUT2D eigenvalue weighted by molar-refractivity contribution is 7.88. The van der Waals surface area contributed by atoms with Gasteiger partial charge < -0.3 is 0 Å². The predicted octanol–water partition coefficient (Wildman–Crippen LogP) is 2.83. The molecule has 1 heterocycles. The number of nitrogens with zero attached hydrogens (tertiary/aromatic N) is 2. The van der Waals surface area contributed by atoms with Gasteiger partial charge in [0.15, 0.2) is 0 Å². The summed E-state index contributed by atoms with van der Waals surface area (Å²) in [5.41, 5.74) is 1.84. The first-order valence-corrected chi connectivity index (χ1v) is 9.43. The molecule has 128 valence electrons. The highest BCUT2D eigenvalue weighted by atomic mass is 35.5. The molecule has 2 N–H and O–H groups in total. The summed E-state index contributed by atoms with van der Waals surface area (Å²) in [5, 5.41) is 2.18. The van der Waals surface area contributed by atoms with Crippen LogP contribution in [0, 0.1) is 0 Å². The van der Waals surface area contributed by atoms with Crippen molar-refractivity contribution in [2.45, 2.75) is 0 Å². The molecule has 1 aromatic heterocycles. The van der Waals surface area contributed by atoms with Crippen LogP contribution >= 0.6 is 11.6 Å². The number of hydrazine groups is 1. The number of fused-ring (bicyclic) bond motifs is 1. The monoisotopic (exact) mass is 375 g/mol. The number of amides is 1. The lowest BCUT2D eigenvalue weighted by Gasteiger charge is -2.14.